The molecule has 5 nitrogen and oxygen atoms in total. The molecule has 0 unspecified atom stereocenters. The van der Waals surface area contributed by atoms with Crippen molar-refractivity contribution in [3.05, 3.63) is 176 Å². The maximum absolute atomic E-state index is 5.18. The number of rotatable bonds is 6. The molecule has 9 aromatic rings. The molecule has 0 aliphatic heterocycles. The van der Waals surface area contributed by atoms with Crippen molar-refractivity contribution in [3.63, 3.8) is 0 Å². The number of nitrogens with zero attached hydrogens (tertiary/aromatic N) is 5. The van der Waals surface area contributed by atoms with E-state index in [0.717, 1.165) is 44.5 Å². The van der Waals surface area contributed by atoms with Gasteiger partial charge in [-0.15, -0.1) is 0 Å². The summed E-state index contributed by atoms with van der Waals surface area (Å²) >= 11 is 0. The normalized spacial score (nSPS) is 11.3. The van der Waals surface area contributed by atoms with Crippen LogP contribution in [-0.4, -0.2) is 24.5 Å². The quantitative estimate of drug-likeness (QED) is 0.181. The highest BCUT2D eigenvalue weighted by molar-refractivity contribution is 6.11. The third-order valence-corrected chi connectivity index (χ3v) is 9.25. The van der Waals surface area contributed by atoms with Gasteiger partial charge in [-0.3, -0.25) is 4.98 Å². The number of aromatic nitrogens is 5. The van der Waals surface area contributed by atoms with Crippen molar-refractivity contribution in [2.45, 2.75) is 6.92 Å². The standard InChI is InChI=1S/C45H31N5/c1-30-16-18-31(19-17-30)35-20-22-41-38(28-35)37-14-8-9-15-40(37)50(41)42-23-21-36(32-24-26-46-27-25-32)29-39(42)45-48-43(33-10-4-2-5-11-33)47-44(49-45)34-12-6-3-7-13-34/h2-29H,1H3. The van der Waals surface area contributed by atoms with Gasteiger partial charge in [0, 0.05) is 39.9 Å². The zero-order valence-corrected chi connectivity index (χ0v) is 27.4. The second kappa shape index (κ2) is 12.4. The molecule has 0 fully saturated rings. The van der Waals surface area contributed by atoms with Gasteiger partial charge in [-0.1, -0.05) is 121 Å². The molecule has 0 saturated carbocycles. The minimum absolute atomic E-state index is 0.603. The predicted octanol–water partition coefficient (Wildman–Crippen LogP) is 11.0. The number of hydrogen-bond donors (Lipinski definition) is 0. The number of fused-ring (bicyclic) bond motifs is 3. The molecule has 50 heavy (non-hydrogen) atoms. The summed E-state index contributed by atoms with van der Waals surface area (Å²) in [5.74, 6) is 1.85. The van der Waals surface area contributed by atoms with Crippen LogP contribution in [0.25, 0.3) is 83.9 Å². The summed E-state index contributed by atoms with van der Waals surface area (Å²) in [6.07, 6.45) is 3.65. The van der Waals surface area contributed by atoms with Gasteiger partial charge in [0.05, 0.1) is 16.7 Å². The molecule has 0 bridgehead atoms. The average Bonchev–Trinajstić information content (AvgIpc) is 3.52. The maximum Gasteiger partial charge on any atom is 0.166 e. The highest BCUT2D eigenvalue weighted by atomic mass is 15.1. The Morgan fingerprint density at radius 2 is 0.940 bits per heavy atom. The molecule has 0 atom stereocenters. The summed E-state index contributed by atoms with van der Waals surface area (Å²) in [6.45, 7) is 2.12. The Morgan fingerprint density at radius 3 is 1.64 bits per heavy atom. The van der Waals surface area contributed by atoms with Crippen molar-refractivity contribution in [1.29, 1.82) is 0 Å². The largest absolute Gasteiger partial charge is 0.309 e. The van der Waals surface area contributed by atoms with Gasteiger partial charge in [0.25, 0.3) is 0 Å². The van der Waals surface area contributed by atoms with Crippen molar-refractivity contribution in [1.82, 2.24) is 24.5 Å². The number of hydrogen-bond acceptors (Lipinski definition) is 4. The first-order chi connectivity index (χ1) is 24.7. The molecule has 0 spiro atoms. The molecule has 0 N–H and O–H groups in total. The van der Waals surface area contributed by atoms with E-state index in [4.69, 9.17) is 15.0 Å². The molecular weight excluding hydrogens is 611 g/mol. The van der Waals surface area contributed by atoms with Gasteiger partial charge in [0.1, 0.15) is 0 Å². The van der Waals surface area contributed by atoms with Crippen molar-refractivity contribution in [2.75, 3.05) is 0 Å². The smallest absolute Gasteiger partial charge is 0.166 e. The van der Waals surface area contributed by atoms with Crippen LogP contribution in [0.5, 0.6) is 0 Å². The van der Waals surface area contributed by atoms with Gasteiger partial charge in [0.15, 0.2) is 17.5 Å². The molecule has 5 heteroatoms. The summed E-state index contributed by atoms with van der Waals surface area (Å²) in [5.41, 5.74) is 11.7. The molecule has 3 heterocycles. The van der Waals surface area contributed by atoms with Crippen LogP contribution in [-0.2, 0) is 0 Å². The van der Waals surface area contributed by atoms with Gasteiger partial charge in [-0.2, -0.15) is 0 Å². The molecular formula is C45H31N5. The topological polar surface area (TPSA) is 56.5 Å². The molecule has 9 rings (SSSR count). The minimum Gasteiger partial charge on any atom is -0.309 e. The van der Waals surface area contributed by atoms with Crippen LogP contribution in [0.2, 0.25) is 0 Å². The van der Waals surface area contributed by atoms with Crippen LogP contribution in [0, 0.1) is 6.92 Å². The number of pyridine rings is 1. The lowest BCUT2D eigenvalue weighted by Crippen LogP contribution is -2.04. The Bertz CT molecular complexity index is 2570. The first-order valence-corrected chi connectivity index (χ1v) is 16.7. The second-order valence-electron chi connectivity index (χ2n) is 12.5. The third-order valence-electron chi connectivity index (χ3n) is 9.25. The van der Waals surface area contributed by atoms with Gasteiger partial charge in [-0.05, 0) is 71.6 Å². The highest BCUT2D eigenvalue weighted by Crippen LogP contribution is 2.39. The van der Waals surface area contributed by atoms with E-state index in [0.29, 0.717) is 17.5 Å². The minimum atomic E-state index is 0.603. The number of para-hydroxylation sites is 1. The van der Waals surface area contributed by atoms with E-state index < -0.39 is 0 Å². The molecule has 0 aliphatic rings. The van der Waals surface area contributed by atoms with Crippen LogP contribution >= 0.6 is 0 Å². The SMILES string of the molecule is Cc1ccc(-c2ccc3c(c2)c2ccccc2n3-c2ccc(-c3ccncc3)cc2-c2nc(-c3ccccc3)nc(-c3ccccc3)n2)cc1. The van der Waals surface area contributed by atoms with E-state index in [-0.39, 0.29) is 0 Å². The Hall–Kier alpha value is -6.72. The Balaban J connectivity index is 1.33. The monoisotopic (exact) mass is 641 g/mol. The summed E-state index contributed by atoms with van der Waals surface area (Å²) in [5, 5.41) is 2.37. The fraction of sp³-hybridized carbons (Fsp3) is 0.0222. The molecule has 0 aliphatic carbocycles. The van der Waals surface area contributed by atoms with Crippen LogP contribution in [0.1, 0.15) is 5.56 Å². The second-order valence-corrected chi connectivity index (χ2v) is 12.5. The molecule has 0 radical (unpaired) electrons. The van der Waals surface area contributed by atoms with E-state index in [1.54, 1.807) is 0 Å². The highest BCUT2D eigenvalue weighted by Gasteiger charge is 2.20. The van der Waals surface area contributed by atoms with Crippen LogP contribution in [0.15, 0.2) is 170 Å². The zero-order valence-electron chi connectivity index (χ0n) is 27.4. The molecule has 0 saturated heterocycles. The summed E-state index contributed by atoms with van der Waals surface area (Å²) in [7, 11) is 0. The Kier molecular flexibility index (Phi) is 7.29. The number of benzene rings is 6. The van der Waals surface area contributed by atoms with Crippen LogP contribution in [0.3, 0.4) is 0 Å². The summed E-state index contributed by atoms with van der Waals surface area (Å²) < 4.78 is 2.35. The maximum atomic E-state index is 5.18. The first kappa shape index (κ1) is 29.4. The van der Waals surface area contributed by atoms with E-state index in [9.17, 15) is 0 Å². The number of aryl methyl sites for hydroxylation is 1. The fourth-order valence-corrected chi connectivity index (χ4v) is 6.72. The van der Waals surface area contributed by atoms with E-state index in [1.807, 2.05) is 85.2 Å². The molecule has 0 amide bonds. The van der Waals surface area contributed by atoms with Crippen LogP contribution < -0.4 is 0 Å². The van der Waals surface area contributed by atoms with E-state index in [2.05, 4.69) is 101 Å². The fourth-order valence-electron chi connectivity index (χ4n) is 6.72. The van der Waals surface area contributed by atoms with Crippen molar-refractivity contribution < 1.29 is 0 Å². The van der Waals surface area contributed by atoms with Crippen LogP contribution in [0.4, 0.5) is 0 Å². The van der Waals surface area contributed by atoms with E-state index >= 15 is 0 Å². The van der Waals surface area contributed by atoms with Gasteiger partial charge in [-0.25, -0.2) is 15.0 Å². The van der Waals surface area contributed by atoms with Crippen molar-refractivity contribution in [2.24, 2.45) is 0 Å². The van der Waals surface area contributed by atoms with Crippen molar-refractivity contribution in [3.8, 4) is 62.1 Å². The molecule has 6 aromatic carbocycles. The summed E-state index contributed by atoms with van der Waals surface area (Å²) in [4.78, 5) is 19.6. The third kappa shape index (κ3) is 5.31. The predicted molar refractivity (Wildman–Crippen MR) is 204 cm³/mol. The lowest BCUT2D eigenvalue weighted by molar-refractivity contribution is 1.06. The molecule has 236 valence electrons. The summed E-state index contributed by atoms with van der Waals surface area (Å²) in [6, 6.07) is 55.0. The lowest BCUT2D eigenvalue weighted by atomic mass is 10.0. The Labute approximate surface area is 290 Å². The zero-order chi connectivity index (χ0) is 33.4. The van der Waals surface area contributed by atoms with E-state index in [1.165, 1.54) is 27.5 Å². The first-order valence-electron chi connectivity index (χ1n) is 16.7. The molecule has 3 aromatic heterocycles. The lowest BCUT2D eigenvalue weighted by Gasteiger charge is -2.16. The Morgan fingerprint density at radius 1 is 0.400 bits per heavy atom. The van der Waals surface area contributed by atoms with Gasteiger partial charge in [0.2, 0.25) is 0 Å². The van der Waals surface area contributed by atoms with Crippen molar-refractivity contribution >= 4 is 21.8 Å². The van der Waals surface area contributed by atoms with Gasteiger partial charge < -0.3 is 4.57 Å². The van der Waals surface area contributed by atoms with Gasteiger partial charge >= 0.3 is 0 Å². The average molecular weight is 642 g/mol.